The molecule has 0 heterocycles. The van der Waals surface area contributed by atoms with E-state index in [-0.39, 0.29) is 0 Å². The van der Waals surface area contributed by atoms with E-state index in [0.29, 0.717) is 0 Å². The Balaban J connectivity index is 2.71. The zero-order chi connectivity index (χ0) is 14.1. The minimum Gasteiger partial charge on any atom is -0.313 e. The van der Waals surface area contributed by atoms with Gasteiger partial charge in [0.05, 0.1) is 0 Å². The van der Waals surface area contributed by atoms with Gasteiger partial charge in [-0.1, -0.05) is 47.1 Å². The van der Waals surface area contributed by atoms with Crippen molar-refractivity contribution in [3.63, 3.8) is 0 Å². The monoisotopic (exact) mass is 322 g/mol. The molecule has 0 bridgehead atoms. The van der Waals surface area contributed by atoms with Crippen molar-refractivity contribution in [2.45, 2.75) is 20.0 Å². The van der Waals surface area contributed by atoms with E-state index in [1.807, 2.05) is 12.2 Å². The number of nitrogens with zero attached hydrogens (tertiary/aromatic N) is 1. The second kappa shape index (κ2) is 9.08. The largest absolute Gasteiger partial charge is 0.313 e. The van der Waals surface area contributed by atoms with E-state index < -0.39 is 0 Å². The van der Waals surface area contributed by atoms with E-state index in [2.05, 4.69) is 64.4 Å². The van der Waals surface area contributed by atoms with Gasteiger partial charge < -0.3 is 5.32 Å². The van der Waals surface area contributed by atoms with E-state index in [0.717, 1.165) is 32.7 Å². The van der Waals surface area contributed by atoms with Crippen molar-refractivity contribution < 1.29 is 0 Å². The lowest BCUT2D eigenvalue weighted by molar-refractivity contribution is 0.327. The summed E-state index contributed by atoms with van der Waals surface area (Å²) in [4.78, 5) is 2.30. The van der Waals surface area contributed by atoms with E-state index in [9.17, 15) is 0 Å². The van der Waals surface area contributed by atoms with Crippen LogP contribution in [0.3, 0.4) is 0 Å². The minimum absolute atomic E-state index is 0.873. The first-order valence-corrected chi connectivity index (χ1v) is 7.42. The molecule has 0 unspecified atom stereocenters. The summed E-state index contributed by atoms with van der Waals surface area (Å²) in [5.74, 6) is 0. The third kappa shape index (κ3) is 5.72. The quantitative estimate of drug-likeness (QED) is 0.697. The molecule has 1 aromatic carbocycles. The predicted molar refractivity (Wildman–Crippen MR) is 87.2 cm³/mol. The molecule has 0 aliphatic rings. The van der Waals surface area contributed by atoms with Gasteiger partial charge in [-0.2, -0.15) is 0 Å². The molecule has 0 spiro atoms. The molecule has 1 aromatic rings. The fourth-order valence-corrected chi connectivity index (χ4v) is 2.46. The lowest BCUT2D eigenvalue weighted by atomic mass is 10.1. The Morgan fingerprint density at radius 1 is 1.26 bits per heavy atom. The molecule has 0 atom stereocenters. The third-order valence-corrected chi connectivity index (χ3v) is 3.60. The van der Waals surface area contributed by atoms with Crippen LogP contribution in [0.15, 0.2) is 48.0 Å². The smallest absolute Gasteiger partial charge is 0.0251 e. The van der Waals surface area contributed by atoms with Crippen molar-refractivity contribution in [1.82, 2.24) is 10.2 Å². The highest BCUT2D eigenvalue weighted by Gasteiger charge is 2.06. The van der Waals surface area contributed by atoms with Crippen molar-refractivity contribution in [2.75, 3.05) is 19.6 Å². The van der Waals surface area contributed by atoms with Gasteiger partial charge in [-0.3, -0.25) is 4.90 Å². The highest BCUT2D eigenvalue weighted by Crippen LogP contribution is 2.20. The molecule has 0 fully saturated rings. The van der Waals surface area contributed by atoms with Crippen LogP contribution in [-0.4, -0.2) is 24.5 Å². The summed E-state index contributed by atoms with van der Waals surface area (Å²) in [5.41, 5.74) is 2.60. The standard InChI is InChI=1S/C16H23BrN2/c1-4-9-19(10-5-2)13-15-8-7-14(11-16(15)17)12-18-6-3/h4-5,7-8,11,18H,1-2,6,9-10,12-13H2,3H3. The minimum atomic E-state index is 0.873. The molecule has 0 aromatic heterocycles. The first kappa shape index (κ1) is 16.2. The summed E-state index contributed by atoms with van der Waals surface area (Å²) >= 11 is 3.66. The van der Waals surface area contributed by atoms with E-state index in [1.54, 1.807) is 0 Å². The fourth-order valence-electron chi connectivity index (χ4n) is 1.91. The maximum absolute atomic E-state index is 3.80. The van der Waals surface area contributed by atoms with Gasteiger partial charge in [0.1, 0.15) is 0 Å². The summed E-state index contributed by atoms with van der Waals surface area (Å²) in [6, 6.07) is 6.57. The van der Waals surface area contributed by atoms with Crippen LogP contribution in [0.2, 0.25) is 0 Å². The first-order valence-electron chi connectivity index (χ1n) is 6.63. The molecule has 1 rings (SSSR count). The Morgan fingerprint density at radius 3 is 2.47 bits per heavy atom. The fraction of sp³-hybridized carbons (Fsp3) is 0.375. The molecular weight excluding hydrogens is 300 g/mol. The lowest BCUT2D eigenvalue weighted by Crippen LogP contribution is -2.23. The Bertz CT molecular complexity index is 405. The predicted octanol–water partition coefficient (Wildman–Crippen LogP) is 3.73. The lowest BCUT2D eigenvalue weighted by Gasteiger charge is -2.20. The summed E-state index contributed by atoms with van der Waals surface area (Å²) in [6.45, 7) is 14.3. The Morgan fingerprint density at radius 2 is 1.95 bits per heavy atom. The van der Waals surface area contributed by atoms with Crippen LogP contribution in [0.1, 0.15) is 18.1 Å². The average molecular weight is 323 g/mol. The maximum Gasteiger partial charge on any atom is 0.0251 e. The van der Waals surface area contributed by atoms with Crippen molar-refractivity contribution in [3.05, 3.63) is 59.1 Å². The van der Waals surface area contributed by atoms with E-state index >= 15 is 0 Å². The summed E-state index contributed by atoms with van der Waals surface area (Å²) < 4.78 is 1.17. The molecule has 0 amide bonds. The number of hydrogen-bond acceptors (Lipinski definition) is 2. The van der Waals surface area contributed by atoms with Crippen molar-refractivity contribution in [2.24, 2.45) is 0 Å². The Kier molecular flexibility index (Phi) is 7.72. The molecule has 0 saturated carbocycles. The number of hydrogen-bond donors (Lipinski definition) is 1. The third-order valence-electron chi connectivity index (χ3n) is 2.87. The molecule has 19 heavy (non-hydrogen) atoms. The van der Waals surface area contributed by atoms with Gasteiger partial charge in [-0.25, -0.2) is 0 Å². The Labute approximate surface area is 125 Å². The van der Waals surface area contributed by atoms with Crippen LogP contribution >= 0.6 is 15.9 Å². The van der Waals surface area contributed by atoms with E-state index in [4.69, 9.17) is 0 Å². The number of nitrogens with one attached hydrogen (secondary N) is 1. The van der Waals surface area contributed by atoms with Gasteiger partial charge in [0.25, 0.3) is 0 Å². The highest BCUT2D eigenvalue weighted by atomic mass is 79.9. The molecular formula is C16H23BrN2. The Hall–Kier alpha value is -0.900. The van der Waals surface area contributed by atoms with Gasteiger partial charge in [0.2, 0.25) is 0 Å². The molecule has 0 aliphatic heterocycles. The molecule has 0 saturated heterocycles. The van der Waals surface area contributed by atoms with Crippen molar-refractivity contribution in [3.8, 4) is 0 Å². The first-order chi connectivity index (χ1) is 9.21. The van der Waals surface area contributed by atoms with Crippen LogP contribution in [-0.2, 0) is 13.1 Å². The maximum atomic E-state index is 3.80. The zero-order valence-electron chi connectivity index (χ0n) is 11.7. The van der Waals surface area contributed by atoms with Crippen LogP contribution in [0, 0.1) is 0 Å². The van der Waals surface area contributed by atoms with Crippen LogP contribution in [0.25, 0.3) is 0 Å². The van der Waals surface area contributed by atoms with Crippen molar-refractivity contribution in [1.29, 1.82) is 0 Å². The van der Waals surface area contributed by atoms with Gasteiger partial charge in [0.15, 0.2) is 0 Å². The molecule has 0 radical (unpaired) electrons. The average Bonchev–Trinajstić information content (AvgIpc) is 2.39. The van der Waals surface area contributed by atoms with Gasteiger partial charge in [0, 0.05) is 30.7 Å². The van der Waals surface area contributed by atoms with Gasteiger partial charge in [-0.05, 0) is 23.7 Å². The highest BCUT2D eigenvalue weighted by molar-refractivity contribution is 9.10. The molecule has 3 heteroatoms. The molecule has 104 valence electrons. The summed E-state index contributed by atoms with van der Waals surface area (Å²) in [5, 5.41) is 3.33. The van der Waals surface area contributed by atoms with Gasteiger partial charge >= 0.3 is 0 Å². The topological polar surface area (TPSA) is 15.3 Å². The molecule has 1 N–H and O–H groups in total. The second-order valence-corrected chi connectivity index (χ2v) is 5.33. The summed E-state index contributed by atoms with van der Waals surface area (Å²) in [7, 11) is 0. The number of benzene rings is 1. The number of rotatable bonds is 9. The van der Waals surface area contributed by atoms with Gasteiger partial charge in [-0.15, -0.1) is 13.2 Å². The van der Waals surface area contributed by atoms with Crippen LogP contribution in [0.4, 0.5) is 0 Å². The second-order valence-electron chi connectivity index (χ2n) is 4.48. The van der Waals surface area contributed by atoms with Crippen LogP contribution < -0.4 is 5.32 Å². The summed E-state index contributed by atoms with van der Waals surface area (Å²) in [6.07, 6.45) is 3.86. The van der Waals surface area contributed by atoms with Crippen LogP contribution in [0.5, 0.6) is 0 Å². The van der Waals surface area contributed by atoms with Crippen molar-refractivity contribution >= 4 is 15.9 Å². The van der Waals surface area contributed by atoms with E-state index in [1.165, 1.54) is 15.6 Å². The normalized spacial score (nSPS) is 10.7. The zero-order valence-corrected chi connectivity index (χ0v) is 13.2. The SMILES string of the molecule is C=CCN(CC=C)Cc1ccc(CNCC)cc1Br. The molecule has 2 nitrogen and oxygen atoms in total. The molecule has 0 aliphatic carbocycles. The number of halogens is 1.